The molecule has 1 amide bonds. The molecular weight excluding hydrogens is 464 g/mol. The highest BCUT2D eigenvalue weighted by molar-refractivity contribution is 9.11. The van der Waals surface area contributed by atoms with Gasteiger partial charge in [0.1, 0.15) is 5.69 Å². The van der Waals surface area contributed by atoms with Crippen LogP contribution in [0.3, 0.4) is 0 Å². The predicted octanol–water partition coefficient (Wildman–Crippen LogP) is 5.50. The number of carbonyl (C=O) groups is 1. The van der Waals surface area contributed by atoms with Crippen molar-refractivity contribution >= 4 is 59.4 Å². The van der Waals surface area contributed by atoms with E-state index in [1.165, 1.54) is 0 Å². The fourth-order valence-electron chi connectivity index (χ4n) is 1.53. The van der Waals surface area contributed by atoms with Gasteiger partial charge in [-0.05, 0) is 30.3 Å². The number of nitrogens with one attached hydrogen (secondary N) is 1. The molecule has 0 saturated carbocycles. The van der Waals surface area contributed by atoms with E-state index in [1.54, 1.807) is 18.2 Å². The van der Waals surface area contributed by atoms with Crippen LogP contribution in [0.15, 0.2) is 43.7 Å². The van der Waals surface area contributed by atoms with Crippen molar-refractivity contribution in [3.63, 3.8) is 0 Å². The molecule has 2 aromatic rings. The number of carbonyl (C=O) groups excluding carboxylic acids is 1. The molecule has 0 spiro atoms. The minimum absolute atomic E-state index is 0.260. The molecule has 0 aliphatic rings. The number of halogens is 5. The molecule has 0 unspecified atom stereocenters. The maximum atomic E-state index is 13.6. The smallest absolute Gasteiger partial charge is 0.255 e. The first kappa shape index (κ1) is 15.6. The lowest BCUT2D eigenvalue weighted by Gasteiger charge is -2.09. The zero-order chi connectivity index (χ0) is 14.9. The van der Waals surface area contributed by atoms with E-state index in [-0.39, 0.29) is 10.0 Å². The predicted molar refractivity (Wildman–Crippen MR) is 83.9 cm³/mol. The van der Waals surface area contributed by atoms with Crippen LogP contribution in [0.4, 0.5) is 14.5 Å². The van der Waals surface area contributed by atoms with E-state index in [0.717, 1.165) is 12.1 Å². The molecule has 0 aromatic heterocycles. The van der Waals surface area contributed by atoms with Crippen LogP contribution in [0.2, 0.25) is 0 Å². The first-order chi connectivity index (χ1) is 9.36. The molecule has 1 N–H and O–H groups in total. The number of hydrogen-bond donors (Lipinski definition) is 1. The Morgan fingerprint density at radius 1 is 0.850 bits per heavy atom. The molecule has 104 valence electrons. The topological polar surface area (TPSA) is 29.1 Å². The van der Waals surface area contributed by atoms with Crippen LogP contribution in [0.25, 0.3) is 0 Å². The van der Waals surface area contributed by atoms with Crippen LogP contribution in [0.5, 0.6) is 0 Å². The fourth-order valence-corrected chi connectivity index (χ4v) is 3.23. The zero-order valence-electron chi connectivity index (χ0n) is 9.68. The summed E-state index contributed by atoms with van der Waals surface area (Å²) in [5.41, 5.74) is -0.206. The van der Waals surface area contributed by atoms with E-state index in [2.05, 4.69) is 53.1 Å². The van der Waals surface area contributed by atoms with Crippen LogP contribution < -0.4 is 5.32 Å². The number of amides is 1. The quantitative estimate of drug-likeness (QED) is 0.618. The largest absolute Gasteiger partial charge is 0.317 e. The number of rotatable bonds is 2. The van der Waals surface area contributed by atoms with Crippen molar-refractivity contribution in [1.82, 2.24) is 0 Å². The molecule has 20 heavy (non-hydrogen) atoms. The van der Waals surface area contributed by atoms with Gasteiger partial charge in [-0.2, -0.15) is 0 Å². The highest BCUT2D eigenvalue weighted by atomic mass is 79.9. The fraction of sp³-hybridized carbons (Fsp3) is 0. The van der Waals surface area contributed by atoms with E-state index in [0.29, 0.717) is 8.95 Å². The number of benzene rings is 2. The summed E-state index contributed by atoms with van der Waals surface area (Å²) in [6.07, 6.45) is 0. The average molecular weight is 470 g/mol. The van der Waals surface area contributed by atoms with Gasteiger partial charge in [-0.3, -0.25) is 4.79 Å². The van der Waals surface area contributed by atoms with Crippen molar-refractivity contribution in [3.05, 3.63) is 60.9 Å². The van der Waals surface area contributed by atoms with E-state index in [9.17, 15) is 13.6 Å². The van der Waals surface area contributed by atoms with Gasteiger partial charge < -0.3 is 5.32 Å². The Morgan fingerprint density at radius 3 is 1.80 bits per heavy atom. The van der Waals surface area contributed by atoms with E-state index in [1.807, 2.05) is 0 Å². The van der Waals surface area contributed by atoms with Gasteiger partial charge in [0, 0.05) is 19.0 Å². The highest BCUT2D eigenvalue weighted by Gasteiger charge is 2.15. The summed E-state index contributed by atoms with van der Waals surface area (Å²) < 4.78 is 28.9. The molecule has 2 aromatic carbocycles. The Hall–Kier alpha value is -0.790. The monoisotopic (exact) mass is 467 g/mol. The van der Waals surface area contributed by atoms with Gasteiger partial charge in [0.25, 0.3) is 5.91 Å². The zero-order valence-corrected chi connectivity index (χ0v) is 14.4. The van der Waals surface area contributed by atoms with Gasteiger partial charge in [0.05, 0.1) is 0 Å². The van der Waals surface area contributed by atoms with Crippen molar-refractivity contribution in [2.24, 2.45) is 0 Å². The van der Waals surface area contributed by atoms with Crippen molar-refractivity contribution in [1.29, 1.82) is 0 Å². The minimum Gasteiger partial charge on any atom is -0.317 e. The number of anilines is 1. The highest BCUT2D eigenvalue weighted by Crippen LogP contribution is 2.25. The second-order valence-electron chi connectivity index (χ2n) is 3.86. The Bertz CT molecular complexity index is 648. The average Bonchev–Trinajstić information content (AvgIpc) is 2.32. The van der Waals surface area contributed by atoms with E-state index in [4.69, 9.17) is 0 Å². The molecule has 0 fully saturated rings. The van der Waals surface area contributed by atoms with Crippen LogP contribution in [0, 0.1) is 11.6 Å². The van der Waals surface area contributed by atoms with Gasteiger partial charge >= 0.3 is 0 Å². The lowest BCUT2D eigenvalue weighted by atomic mass is 10.2. The molecule has 0 heterocycles. The third kappa shape index (κ3) is 3.65. The van der Waals surface area contributed by atoms with Crippen molar-refractivity contribution in [2.75, 3.05) is 5.32 Å². The standard InChI is InChI=1S/C13H6Br3F2NO/c14-7-1-6(2-8(15)3-7)13(20)19-12-10(17)4-9(16)5-11(12)18/h1-5H,(H,19,20). The molecule has 0 radical (unpaired) electrons. The second-order valence-corrected chi connectivity index (χ2v) is 6.60. The first-order valence-electron chi connectivity index (χ1n) is 5.29. The number of hydrogen-bond acceptors (Lipinski definition) is 1. The molecule has 2 rings (SSSR count). The molecule has 0 atom stereocenters. The summed E-state index contributed by atoms with van der Waals surface area (Å²) in [5.74, 6) is -2.30. The van der Waals surface area contributed by atoms with Gasteiger partial charge in [-0.15, -0.1) is 0 Å². The van der Waals surface area contributed by atoms with Crippen LogP contribution in [-0.4, -0.2) is 5.91 Å². The third-order valence-corrected chi connectivity index (χ3v) is 3.74. The van der Waals surface area contributed by atoms with Crippen molar-refractivity contribution < 1.29 is 13.6 Å². The second kappa shape index (κ2) is 6.32. The van der Waals surface area contributed by atoms with Crippen LogP contribution in [0.1, 0.15) is 10.4 Å². The van der Waals surface area contributed by atoms with E-state index >= 15 is 0 Å². The van der Waals surface area contributed by atoms with Gasteiger partial charge in [-0.25, -0.2) is 8.78 Å². The molecular formula is C13H6Br3F2NO. The maximum absolute atomic E-state index is 13.6. The summed E-state index contributed by atoms with van der Waals surface area (Å²) in [6.45, 7) is 0. The molecule has 0 bridgehead atoms. The normalized spacial score (nSPS) is 10.4. The lowest BCUT2D eigenvalue weighted by Crippen LogP contribution is -2.14. The summed E-state index contributed by atoms with van der Waals surface area (Å²) in [5, 5.41) is 2.22. The Balaban J connectivity index is 2.32. The van der Waals surface area contributed by atoms with Gasteiger partial charge in [-0.1, -0.05) is 47.8 Å². The molecule has 2 nitrogen and oxygen atoms in total. The van der Waals surface area contributed by atoms with Crippen LogP contribution >= 0.6 is 47.8 Å². The summed E-state index contributed by atoms with van der Waals surface area (Å²) in [4.78, 5) is 12.0. The van der Waals surface area contributed by atoms with Crippen molar-refractivity contribution in [2.45, 2.75) is 0 Å². The molecule has 7 heteroatoms. The minimum atomic E-state index is -0.848. The van der Waals surface area contributed by atoms with Gasteiger partial charge in [0.15, 0.2) is 11.6 Å². The Labute approximate surface area is 138 Å². The molecule has 0 aliphatic carbocycles. The SMILES string of the molecule is O=C(Nc1c(F)cc(Br)cc1F)c1cc(Br)cc(Br)c1. The Morgan fingerprint density at radius 2 is 1.30 bits per heavy atom. The summed E-state index contributed by atoms with van der Waals surface area (Å²) in [7, 11) is 0. The van der Waals surface area contributed by atoms with Crippen LogP contribution in [-0.2, 0) is 0 Å². The third-order valence-electron chi connectivity index (χ3n) is 2.37. The Kier molecular flexibility index (Phi) is 4.93. The summed E-state index contributed by atoms with van der Waals surface area (Å²) >= 11 is 9.45. The van der Waals surface area contributed by atoms with E-state index < -0.39 is 23.2 Å². The van der Waals surface area contributed by atoms with Crippen molar-refractivity contribution in [3.8, 4) is 0 Å². The first-order valence-corrected chi connectivity index (χ1v) is 7.66. The molecule has 0 saturated heterocycles. The maximum Gasteiger partial charge on any atom is 0.255 e. The van der Waals surface area contributed by atoms with Gasteiger partial charge in [0.2, 0.25) is 0 Å². The summed E-state index contributed by atoms with van der Waals surface area (Å²) in [6, 6.07) is 7.01. The lowest BCUT2D eigenvalue weighted by molar-refractivity contribution is 0.102. The molecule has 0 aliphatic heterocycles.